The molecule has 0 spiro atoms. The van der Waals surface area contributed by atoms with Crippen LogP contribution in [0.5, 0.6) is 0 Å². The third-order valence-corrected chi connectivity index (χ3v) is 1.75. The fraction of sp³-hybridized carbons (Fsp3) is 0.100. The minimum atomic E-state index is -0.475. The highest BCUT2D eigenvalue weighted by Gasteiger charge is 2.06. The maximum Gasteiger partial charge on any atom is 0.250 e. The number of nitrogen functional groups attached to an aromatic ring is 1. The van der Waals surface area contributed by atoms with Crippen LogP contribution in [0.25, 0.3) is 0 Å². The summed E-state index contributed by atoms with van der Waals surface area (Å²) < 4.78 is 0. The zero-order valence-electron chi connectivity index (χ0n) is 7.79. The maximum atomic E-state index is 11.0. The van der Waals surface area contributed by atoms with Gasteiger partial charge in [0.2, 0.25) is 0 Å². The molecule has 0 aliphatic heterocycles. The number of carbonyl (C=O) groups is 1. The zero-order valence-corrected chi connectivity index (χ0v) is 7.79. The van der Waals surface area contributed by atoms with Gasteiger partial charge in [0.05, 0.1) is 5.56 Å². The first-order valence-electron chi connectivity index (χ1n) is 4.19. The molecule has 0 radical (unpaired) electrons. The molecule has 4 heteroatoms. The van der Waals surface area contributed by atoms with Gasteiger partial charge in [0.25, 0.3) is 5.91 Å². The molecule has 0 bridgehead atoms. The van der Waals surface area contributed by atoms with Gasteiger partial charge in [-0.15, -0.1) is 6.58 Å². The molecule has 1 amide bonds. The Morgan fingerprint density at radius 3 is 2.86 bits per heavy atom. The highest BCUT2D eigenvalue weighted by atomic mass is 16.1. The number of hydrogen-bond acceptors (Lipinski definition) is 3. The van der Waals surface area contributed by atoms with Crippen LogP contribution in [0.2, 0.25) is 0 Å². The predicted octanol–water partition coefficient (Wildman–Crippen LogP) is 0.966. The van der Waals surface area contributed by atoms with E-state index in [4.69, 9.17) is 11.5 Å². The van der Waals surface area contributed by atoms with Crippen LogP contribution in [-0.4, -0.2) is 12.5 Å². The van der Waals surface area contributed by atoms with Crippen LogP contribution in [0.4, 0.5) is 11.4 Å². The average molecular weight is 191 g/mol. The monoisotopic (exact) mass is 191 g/mol. The third-order valence-electron chi connectivity index (χ3n) is 1.75. The quantitative estimate of drug-likeness (QED) is 0.490. The van der Waals surface area contributed by atoms with Crippen molar-refractivity contribution < 1.29 is 4.79 Å². The summed E-state index contributed by atoms with van der Waals surface area (Å²) in [6.45, 7) is 4.12. The Morgan fingerprint density at radius 2 is 2.29 bits per heavy atom. The second kappa shape index (κ2) is 4.32. The summed E-state index contributed by atoms with van der Waals surface area (Å²) in [6.07, 6.45) is 1.69. The standard InChI is InChI=1S/C10H13N3O/c1-2-5-13-9-6-7(11)3-4-8(9)10(12)14/h2-4,6,13H,1,5,11H2,(H2,12,14). The molecule has 74 valence electrons. The van der Waals surface area contributed by atoms with E-state index in [1.54, 1.807) is 24.3 Å². The fourth-order valence-corrected chi connectivity index (χ4v) is 1.11. The van der Waals surface area contributed by atoms with Crippen LogP contribution in [0, 0.1) is 0 Å². The molecule has 0 atom stereocenters. The number of anilines is 2. The molecule has 5 N–H and O–H groups in total. The largest absolute Gasteiger partial charge is 0.399 e. The predicted molar refractivity (Wildman–Crippen MR) is 58.1 cm³/mol. The van der Waals surface area contributed by atoms with E-state index in [1.165, 1.54) is 0 Å². The lowest BCUT2D eigenvalue weighted by molar-refractivity contribution is 0.100. The van der Waals surface area contributed by atoms with Crippen molar-refractivity contribution in [3.05, 3.63) is 36.4 Å². The molecule has 1 aromatic carbocycles. The molecule has 1 aromatic rings. The summed E-state index contributed by atoms with van der Waals surface area (Å²) in [5.74, 6) is -0.475. The summed E-state index contributed by atoms with van der Waals surface area (Å²) in [7, 11) is 0. The van der Waals surface area contributed by atoms with Gasteiger partial charge in [-0.1, -0.05) is 6.08 Å². The highest BCUT2D eigenvalue weighted by molar-refractivity contribution is 5.99. The molecule has 0 unspecified atom stereocenters. The van der Waals surface area contributed by atoms with Gasteiger partial charge in [0, 0.05) is 17.9 Å². The smallest absolute Gasteiger partial charge is 0.250 e. The van der Waals surface area contributed by atoms with Crippen LogP contribution in [-0.2, 0) is 0 Å². The summed E-state index contributed by atoms with van der Waals surface area (Å²) in [5.41, 5.74) is 12.4. The number of primary amides is 1. The number of hydrogen-bond donors (Lipinski definition) is 3. The molecule has 4 nitrogen and oxygen atoms in total. The lowest BCUT2D eigenvalue weighted by Crippen LogP contribution is -2.14. The third kappa shape index (κ3) is 2.26. The Morgan fingerprint density at radius 1 is 1.57 bits per heavy atom. The SMILES string of the molecule is C=CCNc1cc(N)ccc1C(N)=O. The van der Waals surface area contributed by atoms with Crippen molar-refractivity contribution in [3.63, 3.8) is 0 Å². The lowest BCUT2D eigenvalue weighted by atomic mass is 10.1. The molecule has 1 rings (SSSR count). The number of nitrogens with one attached hydrogen (secondary N) is 1. The van der Waals surface area contributed by atoms with E-state index in [9.17, 15) is 4.79 Å². The molecule has 0 heterocycles. The van der Waals surface area contributed by atoms with Gasteiger partial charge in [-0.05, 0) is 18.2 Å². The van der Waals surface area contributed by atoms with Gasteiger partial charge in [0.15, 0.2) is 0 Å². The number of amides is 1. The van der Waals surface area contributed by atoms with E-state index in [2.05, 4.69) is 11.9 Å². The van der Waals surface area contributed by atoms with Crippen molar-refractivity contribution >= 4 is 17.3 Å². The molecule has 0 saturated carbocycles. The second-order valence-corrected chi connectivity index (χ2v) is 2.84. The summed E-state index contributed by atoms with van der Waals surface area (Å²) in [6, 6.07) is 4.91. The van der Waals surface area contributed by atoms with Gasteiger partial charge in [-0.25, -0.2) is 0 Å². The van der Waals surface area contributed by atoms with Crippen LogP contribution in [0.3, 0.4) is 0 Å². The summed E-state index contributed by atoms with van der Waals surface area (Å²) in [5, 5.41) is 2.99. The van der Waals surface area contributed by atoms with Crippen molar-refractivity contribution in [2.45, 2.75) is 0 Å². The Kier molecular flexibility index (Phi) is 3.12. The van der Waals surface area contributed by atoms with Crippen LogP contribution < -0.4 is 16.8 Å². The van der Waals surface area contributed by atoms with Gasteiger partial charge in [-0.3, -0.25) is 4.79 Å². The van der Waals surface area contributed by atoms with E-state index in [0.717, 1.165) is 0 Å². The molecule has 0 fully saturated rings. The first kappa shape index (κ1) is 10.1. The van der Waals surface area contributed by atoms with Gasteiger partial charge in [-0.2, -0.15) is 0 Å². The van der Waals surface area contributed by atoms with Gasteiger partial charge in [0.1, 0.15) is 0 Å². The first-order valence-corrected chi connectivity index (χ1v) is 4.19. The normalized spacial score (nSPS) is 9.43. The van der Waals surface area contributed by atoms with Gasteiger partial charge >= 0.3 is 0 Å². The van der Waals surface area contributed by atoms with Crippen molar-refractivity contribution in [1.82, 2.24) is 0 Å². The number of carbonyl (C=O) groups excluding carboxylic acids is 1. The maximum absolute atomic E-state index is 11.0. The second-order valence-electron chi connectivity index (χ2n) is 2.84. The minimum Gasteiger partial charge on any atom is -0.399 e. The molecule has 0 aromatic heterocycles. The number of benzene rings is 1. The average Bonchev–Trinajstić information content (AvgIpc) is 2.14. The summed E-state index contributed by atoms with van der Waals surface area (Å²) in [4.78, 5) is 11.0. The van der Waals surface area contributed by atoms with Crippen LogP contribution >= 0.6 is 0 Å². The van der Waals surface area contributed by atoms with Crippen molar-refractivity contribution in [2.75, 3.05) is 17.6 Å². The molecule has 0 saturated heterocycles. The van der Waals surface area contributed by atoms with Crippen LogP contribution in [0.15, 0.2) is 30.9 Å². The fourth-order valence-electron chi connectivity index (χ4n) is 1.11. The highest BCUT2D eigenvalue weighted by Crippen LogP contribution is 2.18. The van der Waals surface area contributed by atoms with Crippen molar-refractivity contribution in [3.8, 4) is 0 Å². The minimum absolute atomic E-state index is 0.432. The van der Waals surface area contributed by atoms with E-state index in [0.29, 0.717) is 23.5 Å². The molecule has 14 heavy (non-hydrogen) atoms. The Bertz CT molecular complexity index is 360. The molecular weight excluding hydrogens is 178 g/mol. The number of nitrogens with two attached hydrogens (primary N) is 2. The topological polar surface area (TPSA) is 81.1 Å². The molecule has 0 aliphatic carbocycles. The number of rotatable bonds is 4. The van der Waals surface area contributed by atoms with Crippen LogP contribution in [0.1, 0.15) is 10.4 Å². The Labute approximate surface area is 82.6 Å². The van der Waals surface area contributed by atoms with Gasteiger partial charge < -0.3 is 16.8 Å². The van der Waals surface area contributed by atoms with E-state index >= 15 is 0 Å². The van der Waals surface area contributed by atoms with E-state index in [1.807, 2.05) is 0 Å². The van der Waals surface area contributed by atoms with Crippen molar-refractivity contribution in [2.24, 2.45) is 5.73 Å². The lowest BCUT2D eigenvalue weighted by Gasteiger charge is -2.08. The Balaban J connectivity index is 3.02. The zero-order chi connectivity index (χ0) is 10.6. The van der Waals surface area contributed by atoms with Crippen molar-refractivity contribution in [1.29, 1.82) is 0 Å². The van der Waals surface area contributed by atoms with E-state index in [-0.39, 0.29) is 0 Å². The Hall–Kier alpha value is -1.97. The first-order chi connectivity index (χ1) is 6.65. The molecular formula is C10H13N3O. The molecule has 0 aliphatic rings. The van der Waals surface area contributed by atoms with E-state index < -0.39 is 5.91 Å². The summed E-state index contributed by atoms with van der Waals surface area (Å²) >= 11 is 0.